The van der Waals surface area contributed by atoms with Gasteiger partial charge in [0.25, 0.3) is 0 Å². The van der Waals surface area contributed by atoms with E-state index in [0.29, 0.717) is 24.3 Å². The van der Waals surface area contributed by atoms with Gasteiger partial charge in [0, 0.05) is 53.3 Å². The van der Waals surface area contributed by atoms with Crippen molar-refractivity contribution >= 4 is 68.4 Å². The van der Waals surface area contributed by atoms with Gasteiger partial charge >= 0.3 is 29.2 Å². The van der Waals surface area contributed by atoms with Crippen LogP contribution in [0.15, 0.2) is 53.5 Å². The summed E-state index contributed by atoms with van der Waals surface area (Å²) in [6.45, 7) is -0.187. The van der Waals surface area contributed by atoms with E-state index in [0.717, 1.165) is 26.4 Å². The zero-order valence-electron chi connectivity index (χ0n) is 27.1. The number of phosphoric acid groups is 3. The van der Waals surface area contributed by atoms with E-state index in [4.69, 9.17) is 31.7 Å². The Morgan fingerprint density at radius 2 is 1.63 bits per heavy atom. The van der Waals surface area contributed by atoms with E-state index in [1.807, 2.05) is 36.4 Å². The van der Waals surface area contributed by atoms with E-state index in [2.05, 4.69) is 45.9 Å². The van der Waals surface area contributed by atoms with Crippen LogP contribution in [-0.4, -0.2) is 54.3 Å². The van der Waals surface area contributed by atoms with Gasteiger partial charge in [0.05, 0.1) is 24.8 Å². The molecule has 1 fully saturated rings. The van der Waals surface area contributed by atoms with Gasteiger partial charge in [-0.3, -0.25) is 13.9 Å². The number of phosphoric ester groups is 1. The van der Waals surface area contributed by atoms with E-state index >= 15 is 0 Å². The Morgan fingerprint density at radius 3 is 2.27 bits per heavy atom. The molecule has 1 amide bonds. The number of carbonyl (C=O) groups excluding carboxylic acids is 1. The first kappa shape index (κ1) is 39.0. The molecule has 278 valence electrons. The Kier molecular flexibility index (Phi) is 11.9. The van der Waals surface area contributed by atoms with Crippen molar-refractivity contribution in [3.8, 4) is 11.8 Å². The number of nitrogens with one attached hydrogen (secondary N) is 1. The molecule has 3 heterocycles. The number of benzene rings is 2. The SMILES string of the molecule is Nc1ccc2cc3ccc(N)cc3[n+](CCCC(=O)NCC#Cc3cn(C4CCC(COP(=O)(O)OP(=O)(O)OP(=O)(O)O)O4)c(=O)nc3N)c2c1. The van der Waals surface area contributed by atoms with Crippen LogP contribution in [0.3, 0.4) is 0 Å². The number of fused-ring (bicyclic) bond motifs is 2. The number of amides is 1. The highest BCUT2D eigenvalue weighted by atomic mass is 31.3. The van der Waals surface area contributed by atoms with Crippen molar-refractivity contribution in [2.24, 2.45) is 0 Å². The molecular weight excluding hydrogens is 747 g/mol. The summed E-state index contributed by atoms with van der Waals surface area (Å²) in [7, 11) is -16.6. The molecule has 20 nitrogen and oxygen atoms in total. The van der Waals surface area contributed by atoms with Crippen molar-refractivity contribution in [3.63, 3.8) is 0 Å². The zero-order chi connectivity index (χ0) is 37.8. The van der Waals surface area contributed by atoms with Crippen molar-refractivity contribution in [2.45, 2.75) is 44.6 Å². The van der Waals surface area contributed by atoms with Crippen LogP contribution in [0.25, 0.3) is 21.8 Å². The van der Waals surface area contributed by atoms with Crippen LogP contribution in [0, 0.1) is 11.8 Å². The van der Waals surface area contributed by atoms with Crippen LogP contribution >= 0.6 is 23.5 Å². The second-order valence-corrected chi connectivity index (χ2v) is 15.9. The molecule has 0 aliphatic carbocycles. The quantitative estimate of drug-likeness (QED) is 0.0314. The van der Waals surface area contributed by atoms with Gasteiger partial charge in [-0.2, -0.15) is 18.2 Å². The summed E-state index contributed by atoms with van der Waals surface area (Å²) < 4.78 is 55.1. The molecule has 1 saturated heterocycles. The van der Waals surface area contributed by atoms with Crippen molar-refractivity contribution in [1.82, 2.24) is 14.9 Å². The van der Waals surface area contributed by atoms with Gasteiger partial charge in [-0.1, -0.05) is 11.8 Å². The third-order valence-corrected chi connectivity index (χ3v) is 11.4. The number of aromatic nitrogens is 3. The second-order valence-electron chi connectivity index (χ2n) is 11.5. The number of ether oxygens (including phenoxy) is 1. The summed E-state index contributed by atoms with van der Waals surface area (Å²) in [5, 5.41) is 4.72. The van der Waals surface area contributed by atoms with Crippen molar-refractivity contribution in [1.29, 1.82) is 0 Å². The molecule has 5 rings (SSSR count). The maximum absolute atomic E-state index is 12.6. The third-order valence-electron chi connectivity index (χ3n) is 7.60. The molecule has 2 aromatic heterocycles. The lowest BCUT2D eigenvalue weighted by Gasteiger charge is -2.19. The van der Waals surface area contributed by atoms with E-state index < -0.39 is 48.1 Å². The van der Waals surface area contributed by atoms with Gasteiger partial charge in [-0.15, -0.1) is 0 Å². The molecule has 0 bridgehead atoms. The highest BCUT2D eigenvalue weighted by Crippen LogP contribution is 2.66. The normalized spacial score (nSPS) is 18.4. The van der Waals surface area contributed by atoms with Gasteiger partial charge < -0.3 is 46.8 Å². The number of aryl methyl sites for hydroxylation is 1. The first-order valence-corrected chi connectivity index (χ1v) is 19.9. The topological polar surface area (TPSA) is 315 Å². The van der Waals surface area contributed by atoms with Crippen LogP contribution < -0.4 is 32.8 Å². The summed E-state index contributed by atoms with van der Waals surface area (Å²) in [5.41, 5.74) is 20.4. The fourth-order valence-electron chi connectivity index (χ4n) is 5.42. The fourth-order valence-corrected chi connectivity index (χ4v) is 8.47. The molecule has 0 spiro atoms. The van der Waals surface area contributed by atoms with Crippen LogP contribution in [0.2, 0.25) is 0 Å². The summed E-state index contributed by atoms with van der Waals surface area (Å²) in [6.07, 6.45) is 0.549. The van der Waals surface area contributed by atoms with Crippen LogP contribution in [0.4, 0.5) is 17.2 Å². The zero-order valence-corrected chi connectivity index (χ0v) is 29.8. The van der Waals surface area contributed by atoms with Gasteiger partial charge in [-0.25, -0.2) is 18.5 Å². The Bertz CT molecular complexity index is 2230. The van der Waals surface area contributed by atoms with Gasteiger partial charge in [0.15, 0.2) is 0 Å². The summed E-state index contributed by atoms with van der Waals surface area (Å²) in [4.78, 5) is 65.2. The Hall–Kier alpha value is -4.21. The first-order chi connectivity index (χ1) is 24.4. The number of nitrogens with two attached hydrogens (primary N) is 3. The van der Waals surface area contributed by atoms with Crippen molar-refractivity contribution in [2.75, 3.05) is 30.4 Å². The molecule has 11 N–H and O–H groups in total. The lowest BCUT2D eigenvalue weighted by atomic mass is 10.1. The molecule has 4 unspecified atom stereocenters. The maximum Gasteiger partial charge on any atom is 0.490 e. The predicted molar refractivity (Wildman–Crippen MR) is 185 cm³/mol. The monoisotopic (exact) mass is 782 g/mol. The highest BCUT2D eigenvalue weighted by molar-refractivity contribution is 7.66. The molecule has 0 radical (unpaired) electrons. The molecule has 4 aromatic rings. The molecule has 0 saturated carbocycles. The molecular formula is C29H35N7O13P3+. The second kappa shape index (κ2) is 15.8. The molecule has 4 atom stereocenters. The van der Waals surface area contributed by atoms with Crippen molar-refractivity contribution < 1.29 is 60.5 Å². The lowest BCUT2D eigenvalue weighted by Crippen LogP contribution is -2.36. The smallest absolute Gasteiger partial charge is 0.399 e. The van der Waals surface area contributed by atoms with E-state index in [-0.39, 0.29) is 43.1 Å². The number of hydrogen-bond donors (Lipinski definition) is 8. The Labute approximate surface area is 294 Å². The number of nitrogens with zero attached hydrogens (tertiary/aromatic N) is 3. The average Bonchev–Trinajstić information content (AvgIpc) is 3.50. The summed E-state index contributed by atoms with van der Waals surface area (Å²) in [5.74, 6) is 5.13. The minimum Gasteiger partial charge on any atom is -0.399 e. The molecule has 1 aliphatic rings. The number of carbonyl (C=O) groups is 1. The average molecular weight is 783 g/mol. The van der Waals surface area contributed by atoms with Crippen LogP contribution in [0.1, 0.15) is 37.5 Å². The largest absolute Gasteiger partial charge is 0.490 e. The number of hydrogen-bond acceptors (Lipinski definition) is 13. The van der Waals surface area contributed by atoms with E-state index in [9.17, 15) is 33.1 Å². The van der Waals surface area contributed by atoms with Crippen molar-refractivity contribution in [3.05, 3.63) is 64.7 Å². The van der Waals surface area contributed by atoms with Gasteiger partial charge in [0.1, 0.15) is 18.6 Å². The Balaban J connectivity index is 1.14. The minimum absolute atomic E-state index is 0.0303. The molecule has 2 aromatic carbocycles. The minimum atomic E-state index is -5.68. The molecule has 1 aliphatic heterocycles. The maximum atomic E-state index is 12.6. The molecule has 23 heteroatoms. The highest BCUT2D eigenvalue weighted by Gasteiger charge is 2.41. The van der Waals surface area contributed by atoms with Gasteiger partial charge in [0.2, 0.25) is 16.9 Å². The first-order valence-electron chi connectivity index (χ1n) is 15.4. The fraction of sp³-hybridized carbons (Fsp3) is 0.310. The Morgan fingerprint density at radius 1 is 0.981 bits per heavy atom. The summed E-state index contributed by atoms with van der Waals surface area (Å²) in [6, 6.07) is 13.4. The van der Waals surface area contributed by atoms with E-state index in [1.165, 1.54) is 6.20 Å². The number of anilines is 3. The standard InChI is InChI=1S/C29H34N7O13P3/c30-21-7-5-18-13-19-6-8-22(31)15-25(19)35(24(18)14-21)12-2-4-26(37)33-11-1-3-20-16-36(29(38)34-28(20)32)27-10-9-23(47-27)17-46-51(42,43)49-52(44,45)48-50(39,40)41/h5-8,13-16,23,27H,2,4,9-12,17H2,(H10,30,31,32,33,34,37,38,39,40,41,42,43,44,45)/p+1. The third kappa shape index (κ3) is 10.4. The summed E-state index contributed by atoms with van der Waals surface area (Å²) >= 11 is 0. The van der Waals surface area contributed by atoms with Crippen LogP contribution in [0.5, 0.6) is 0 Å². The lowest BCUT2D eigenvalue weighted by molar-refractivity contribution is -0.645. The van der Waals surface area contributed by atoms with E-state index in [1.54, 1.807) is 0 Å². The molecule has 52 heavy (non-hydrogen) atoms. The number of pyridine rings is 1. The van der Waals surface area contributed by atoms with Gasteiger partial charge in [-0.05, 0) is 43.2 Å². The predicted octanol–water partition coefficient (Wildman–Crippen LogP) is 1.55. The van der Waals surface area contributed by atoms with Crippen LogP contribution in [-0.2, 0) is 42.9 Å². The number of nitrogen functional groups attached to an aromatic ring is 3. The number of rotatable bonds is 13.